The van der Waals surface area contributed by atoms with Gasteiger partial charge in [-0.25, -0.2) is 0 Å². The Hall–Kier alpha value is -1.38. The van der Waals surface area contributed by atoms with E-state index in [0.717, 1.165) is 12.8 Å². The van der Waals surface area contributed by atoms with Crippen molar-refractivity contribution >= 4 is 11.8 Å². The van der Waals surface area contributed by atoms with Crippen LogP contribution in [0, 0.1) is 5.92 Å². The highest BCUT2D eigenvalue weighted by molar-refractivity contribution is 5.97. The van der Waals surface area contributed by atoms with E-state index in [-0.39, 0.29) is 5.78 Å². The lowest BCUT2D eigenvalue weighted by molar-refractivity contribution is -0.150. The molecule has 130 valence electrons. The minimum atomic E-state index is -0.648. The summed E-state index contributed by atoms with van der Waals surface area (Å²) < 4.78 is 4.97. The maximum absolute atomic E-state index is 11.8. The van der Waals surface area contributed by atoms with Crippen LogP contribution < -0.4 is 0 Å². The molecule has 1 aliphatic rings. The molecule has 0 spiro atoms. The fourth-order valence-corrected chi connectivity index (χ4v) is 2.98. The van der Waals surface area contributed by atoms with Gasteiger partial charge in [-0.3, -0.25) is 9.59 Å². The fraction of sp³-hybridized carbons (Fsp3) is 0.700. The molecule has 0 saturated heterocycles. The lowest BCUT2D eigenvalue weighted by atomic mass is 9.98. The quantitative estimate of drug-likeness (QED) is 0.269. The Morgan fingerprint density at radius 2 is 1.78 bits per heavy atom. The average molecular weight is 320 g/mol. The van der Waals surface area contributed by atoms with Crippen LogP contribution in [0.25, 0.3) is 0 Å². The maximum Gasteiger partial charge on any atom is 0.316 e. The third-order valence-corrected chi connectivity index (χ3v) is 4.48. The van der Waals surface area contributed by atoms with Crippen molar-refractivity contribution in [3.8, 4) is 0 Å². The lowest BCUT2D eigenvalue weighted by Crippen LogP contribution is -2.23. The molecule has 0 aromatic heterocycles. The summed E-state index contributed by atoms with van der Waals surface area (Å²) in [5.74, 6) is -1.16. The van der Waals surface area contributed by atoms with Crippen LogP contribution in [-0.2, 0) is 14.3 Å². The summed E-state index contributed by atoms with van der Waals surface area (Å²) in [6, 6.07) is 0. The molecule has 3 nitrogen and oxygen atoms in total. The van der Waals surface area contributed by atoms with E-state index in [0.29, 0.717) is 13.0 Å². The number of carbonyl (C=O) groups excluding carboxylic acids is 2. The van der Waals surface area contributed by atoms with E-state index in [2.05, 4.69) is 13.0 Å². The van der Waals surface area contributed by atoms with Gasteiger partial charge in [0.25, 0.3) is 0 Å². The van der Waals surface area contributed by atoms with E-state index < -0.39 is 11.9 Å². The Bertz CT molecular complexity index is 436. The lowest BCUT2D eigenvalue weighted by Gasteiger charge is -2.11. The van der Waals surface area contributed by atoms with Gasteiger partial charge in [-0.15, -0.1) is 0 Å². The van der Waals surface area contributed by atoms with Crippen LogP contribution in [0.4, 0.5) is 0 Å². The molecule has 0 radical (unpaired) electrons. The average Bonchev–Trinajstić information content (AvgIpc) is 2.76. The summed E-state index contributed by atoms with van der Waals surface area (Å²) >= 11 is 0. The van der Waals surface area contributed by atoms with Crippen LogP contribution in [0.15, 0.2) is 23.3 Å². The monoisotopic (exact) mass is 320 g/mol. The molecule has 3 heteroatoms. The predicted octanol–water partition coefficient (Wildman–Crippen LogP) is 5.15. The van der Waals surface area contributed by atoms with Gasteiger partial charge in [-0.2, -0.15) is 0 Å². The summed E-state index contributed by atoms with van der Waals surface area (Å²) in [6.07, 6.45) is 14.9. The van der Waals surface area contributed by atoms with E-state index in [1.54, 1.807) is 12.5 Å². The van der Waals surface area contributed by atoms with Crippen LogP contribution in [0.3, 0.4) is 0 Å². The number of rotatable bonds is 8. The standard InChI is InChI=1S/C20H32O3/c1-4-23-20(22)19(17(3)21)15-14-16(2)10-9-13-18-11-7-5-6-8-12-18/h13-14,19H,4-12,15H2,1-3H3/b16-14+. The van der Waals surface area contributed by atoms with Crippen LogP contribution in [0.1, 0.15) is 78.6 Å². The summed E-state index contributed by atoms with van der Waals surface area (Å²) in [5.41, 5.74) is 2.86. The van der Waals surface area contributed by atoms with E-state index >= 15 is 0 Å². The van der Waals surface area contributed by atoms with E-state index in [9.17, 15) is 9.59 Å². The largest absolute Gasteiger partial charge is 0.465 e. The van der Waals surface area contributed by atoms with Crippen molar-refractivity contribution in [2.24, 2.45) is 5.92 Å². The topological polar surface area (TPSA) is 43.4 Å². The highest BCUT2D eigenvalue weighted by atomic mass is 16.5. The first kappa shape index (κ1) is 19.7. The molecular weight excluding hydrogens is 288 g/mol. The van der Waals surface area contributed by atoms with Crippen molar-refractivity contribution in [2.75, 3.05) is 6.61 Å². The van der Waals surface area contributed by atoms with Crippen LogP contribution in [0.2, 0.25) is 0 Å². The number of carbonyl (C=O) groups is 2. The molecule has 0 amide bonds. The zero-order chi connectivity index (χ0) is 17.1. The molecule has 1 saturated carbocycles. The Balaban J connectivity index is 2.44. The highest BCUT2D eigenvalue weighted by Gasteiger charge is 2.23. The summed E-state index contributed by atoms with van der Waals surface area (Å²) in [4.78, 5) is 23.4. The predicted molar refractivity (Wildman–Crippen MR) is 94.2 cm³/mol. The van der Waals surface area contributed by atoms with Gasteiger partial charge in [0.2, 0.25) is 0 Å². The molecular formula is C20H32O3. The second-order valence-corrected chi connectivity index (χ2v) is 6.52. The van der Waals surface area contributed by atoms with Crippen LogP contribution in [-0.4, -0.2) is 18.4 Å². The molecule has 1 unspecified atom stereocenters. The SMILES string of the molecule is CCOC(=O)C(C/C=C(\C)CCC=C1CCCCCC1)C(C)=O. The van der Waals surface area contributed by atoms with Crippen molar-refractivity contribution in [1.82, 2.24) is 0 Å². The first-order valence-electron chi connectivity index (χ1n) is 9.05. The number of esters is 1. The highest BCUT2D eigenvalue weighted by Crippen LogP contribution is 2.23. The third kappa shape index (κ3) is 8.15. The molecule has 0 heterocycles. The minimum absolute atomic E-state index is 0.118. The van der Waals surface area contributed by atoms with Crippen molar-refractivity contribution in [3.63, 3.8) is 0 Å². The number of Topliss-reactive ketones (excluding diaryl/α,β-unsaturated/α-hetero) is 1. The first-order chi connectivity index (χ1) is 11.0. The molecule has 0 aromatic rings. The van der Waals surface area contributed by atoms with Crippen molar-refractivity contribution in [2.45, 2.75) is 78.6 Å². The number of ether oxygens (including phenoxy) is 1. The minimum Gasteiger partial charge on any atom is -0.465 e. The summed E-state index contributed by atoms with van der Waals surface area (Å²) in [5, 5.41) is 0. The maximum atomic E-state index is 11.8. The van der Waals surface area contributed by atoms with Gasteiger partial charge in [-0.1, -0.05) is 36.1 Å². The second-order valence-electron chi connectivity index (χ2n) is 6.52. The molecule has 1 fully saturated rings. The summed E-state index contributed by atoms with van der Waals surface area (Å²) in [7, 11) is 0. The van der Waals surface area contributed by atoms with E-state index in [4.69, 9.17) is 4.74 Å². The molecule has 23 heavy (non-hydrogen) atoms. The van der Waals surface area contributed by atoms with Gasteiger partial charge < -0.3 is 4.74 Å². The van der Waals surface area contributed by atoms with Gasteiger partial charge in [0.15, 0.2) is 0 Å². The van der Waals surface area contributed by atoms with E-state index in [1.165, 1.54) is 51.0 Å². The smallest absolute Gasteiger partial charge is 0.316 e. The molecule has 0 bridgehead atoms. The van der Waals surface area contributed by atoms with Gasteiger partial charge in [-0.05, 0) is 65.7 Å². The third-order valence-electron chi connectivity index (χ3n) is 4.48. The number of allylic oxidation sites excluding steroid dienone is 4. The van der Waals surface area contributed by atoms with Crippen LogP contribution >= 0.6 is 0 Å². The zero-order valence-electron chi connectivity index (χ0n) is 15.0. The van der Waals surface area contributed by atoms with Crippen molar-refractivity contribution < 1.29 is 14.3 Å². The molecule has 0 aromatic carbocycles. The Kier molecular flexibility index (Phi) is 9.58. The van der Waals surface area contributed by atoms with Gasteiger partial charge in [0.1, 0.15) is 11.7 Å². The van der Waals surface area contributed by atoms with Gasteiger partial charge in [0, 0.05) is 0 Å². The number of ketones is 1. The summed E-state index contributed by atoms with van der Waals surface area (Å²) in [6.45, 7) is 5.62. The van der Waals surface area contributed by atoms with E-state index in [1.807, 2.05) is 6.08 Å². The molecule has 0 N–H and O–H groups in total. The first-order valence-corrected chi connectivity index (χ1v) is 9.05. The Morgan fingerprint density at radius 3 is 2.35 bits per heavy atom. The number of hydrogen-bond acceptors (Lipinski definition) is 3. The molecule has 0 aliphatic heterocycles. The second kappa shape index (κ2) is 11.2. The fourth-order valence-electron chi connectivity index (χ4n) is 2.98. The molecule has 1 rings (SSSR count). The van der Waals surface area contributed by atoms with Gasteiger partial charge in [0.05, 0.1) is 6.61 Å². The Morgan fingerprint density at radius 1 is 1.13 bits per heavy atom. The van der Waals surface area contributed by atoms with Crippen molar-refractivity contribution in [1.29, 1.82) is 0 Å². The molecule has 1 atom stereocenters. The van der Waals surface area contributed by atoms with Crippen molar-refractivity contribution in [3.05, 3.63) is 23.3 Å². The number of hydrogen-bond donors (Lipinski definition) is 0. The van der Waals surface area contributed by atoms with Crippen LogP contribution in [0.5, 0.6) is 0 Å². The normalized spacial score (nSPS) is 17.3. The Labute approximate surface area is 141 Å². The zero-order valence-corrected chi connectivity index (χ0v) is 15.0. The molecule has 1 aliphatic carbocycles. The van der Waals surface area contributed by atoms with Gasteiger partial charge >= 0.3 is 5.97 Å².